The van der Waals surface area contributed by atoms with Crippen molar-refractivity contribution in [1.29, 1.82) is 0 Å². The molecule has 1 aliphatic rings. The number of hydrogen-bond acceptors (Lipinski definition) is 4. The molecule has 0 bridgehead atoms. The molecule has 0 aliphatic carbocycles. The van der Waals surface area contributed by atoms with Crippen molar-refractivity contribution in [2.45, 2.75) is 31.7 Å². The van der Waals surface area contributed by atoms with Gasteiger partial charge in [-0.1, -0.05) is 0 Å². The summed E-state index contributed by atoms with van der Waals surface area (Å²) in [7, 11) is 0. The van der Waals surface area contributed by atoms with Crippen molar-refractivity contribution in [2.75, 3.05) is 19.6 Å². The average Bonchev–Trinajstić information content (AvgIpc) is 2.30. The summed E-state index contributed by atoms with van der Waals surface area (Å²) < 4.78 is 0. The Bertz CT molecular complexity index is 265. The maximum absolute atomic E-state index is 11.5. The third-order valence-corrected chi connectivity index (χ3v) is 2.97. The van der Waals surface area contributed by atoms with E-state index in [1.54, 1.807) is 0 Å². The molecule has 0 radical (unpaired) electrons. The van der Waals surface area contributed by atoms with Gasteiger partial charge in [-0.05, 0) is 38.3 Å². The molecule has 6 nitrogen and oxygen atoms in total. The first-order chi connectivity index (χ1) is 8.09. The van der Waals surface area contributed by atoms with E-state index in [2.05, 4.69) is 10.6 Å². The number of hydrogen-bond donors (Lipinski definition) is 4. The molecule has 1 aliphatic heterocycles. The van der Waals surface area contributed by atoms with Crippen molar-refractivity contribution in [2.24, 2.45) is 11.7 Å². The summed E-state index contributed by atoms with van der Waals surface area (Å²) in [5.41, 5.74) is 5.33. The van der Waals surface area contributed by atoms with Crippen molar-refractivity contribution >= 4 is 11.9 Å². The molecule has 1 unspecified atom stereocenters. The van der Waals surface area contributed by atoms with E-state index in [0.717, 1.165) is 25.9 Å². The topological polar surface area (TPSA) is 104 Å². The second-order valence-corrected chi connectivity index (χ2v) is 4.50. The van der Waals surface area contributed by atoms with Gasteiger partial charge in [-0.25, -0.2) is 0 Å². The first-order valence-electron chi connectivity index (χ1n) is 6.05. The van der Waals surface area contributed by atoms with Gasteiger partial charge in [-0.3, -0.25) is 9.59 Å². The molecule has 0 aromatic rings. The Hall–Kier alpha value is -1.14. The molecule has 1 saturated heterocycles. The number of carbonyl (C=O) groups excluding carboxylic acids is 1. The number of amides is 1. The van der Waals surface area contributed by atoms with Crippen LogP contribution in [-0.2, 0) is 9.59 Å². The first kappa shape index (κ1) is 13.9. The highest BCUT2D eigenvalue weighted by molar-refractivity contribution is 5.76. The molecular formula is C11H21N3O3. The summed E-state index contributed by atoms with van der Waals surface area (Å²) in [5, 5.41) is 14.5. The summed E-state index contributed by atoms with van der Waals surface area (Å²) >= 11 is 0. The van der Waals surface area contributed by atoms with Gasteiger partial charge < -0.3 is 21.5 Å². The zero-order chi connectivity index (χ0) is 12.7. The molecule has 0 saturated carbocycles. The molecule has 1 amide bonds. The van der Waals surface area contributed by atoms with Gasteiger partial charge in [-0.2, -0.15) is 0 Å². The minimum Gasteiger partial charge on any atom is -0.480 e. The van der Waals surface area contributed by atoms with Crippen molar-refractivity contribution in [3.05, 3.63) is 0 Å². The summed E-state index contributed by atoms with van der Waals surface area (Å²) in [4.78, 5) is 22.0. The highest BCUT2D eigenvalue weighted by Gasteiger charge is 2.17. The van der Waals surface area contributed by atoms with Gasteiger partial charge in [0.25, 0.3) is 0 Å². The number of nitrogens with one attached hydrogen (secondary N) is 2. The van der Waals surface area contributed by atoms with E-state index >= 15 is 0 Å². The summed E-state index contributed by atoms with van der Waals surface area (Å²) in [6.45, 7) is 2.25. The normalized spacial score (nSPS) is 21.8. The monoisotopic (exact) mass is 243 g/mol. The Balaban J connectivity index is 2.10. The van der Waals surface area contributed by atoms with Crippen LogP contribution in [0, 0.1) is 5.92 Å². The Morgan fingerprint density at radius 2 is 2.29 bits per heavy atom. The van der Waals surface area contributed by atoms with E-state index < -0.39 is 12.0 Å². The van der Waals surface area contributed by atoms with Gasteiger partial charge in [0.1, 0.15) is 6.04 Å². The zero-order valence-electron chi connectivity index (χ0n) is 9.95. The highest BCUT2D eigenvalue weighted by atomic mass is 16.4. The fourth-order valence-corrected chi connectivity index (χ4v) is 1.92. The molecule has 5 N–H and O–H groups in total. The Kier molecular flexibility index (Phi) is 5.93. The van der Waals surface area contributed by atoms with E-state index in [-0.39, 0.29) is 12.3 Å². The molecule has 1 heterocycles. The Morgan fingerprint density at radius 3 is 2.88 bits per heavy atom. The zero-order valence-corrected chi connectivity index (χ0v) is 9.95. The summed E-state index contributed by atoms with van der Waals surface area (Å²) in [6.07, 6.45) is 2.97. The van der Waals surface area contributed by atoms with Crippen LogP contribution in [0.4, 0.5) is 0 Å². The number of aliphatic carboxylic acids is 1. The molecule has 0 aromatic carbocycles. The van der Waals surface area contributed by atoms with E-state index in [4.69, 9.17) is 10.8 Å². The average molecular weight is 243 g/mol. The quantitative estimate of drug-likeness (QED) is 0.493. The maximum Gasteiger partial charge on any atom is 0.320 e. The van der Waals surface area contributed by atoms with Crippen LogP contribution < -0.4 is 16.4 Å². The molecule has 0 aromatic heterocycles. The number of carboxylic acid groups (broad SMARTS) is 1. The third kappa shape index (κ3) is 5.65. The SMILES string of the molecule is N[C@@H](CCNC(=O)CC1CCCNC1)C(=O)O. The van der Waals surface area contributed by atoms with Crippen LogP contribution in [-0.4, -0.2) is 42.7 Å². The Morgan fingerprint density at radius 1 is 1.53 bits per heavy atom. The fourth-order valence-electron chi connectivity index (χ4n) is 1.92. The molecule has 0 spiro atoms. The Labute approximate surface area is 101 Å². The lowest BCUT2D eigenvalue weighted by atomic mass is 9.96. The summed E-state index contributed by atoms with van der Waals surface area (Å²) in [6, 6.07) is -0.897. The molecule has 17 heavy (non-hydrogen) atoms. The van der Waals surface area contributed by atoms with Gasteiger partial charge in [0, 0.05) is 13.0 Å². The van der Waals surface area contributed by atoms with E-state index in [1.165, 1.54) is 0 Å². The highest BCUT2D eigenvalue weighted by Crippen LogP contribution is 2.13. The van der Waals surface area contributed by atoms with Gasteiger partial charge in [0.15, 0.2) is 0 Å². The van der Waals surface area contributed by atoms with Crippen molar-refractivity contribution in [3.63, 3.8) is 0 Å². The number of carboxylic acids is 1. The standard InChI is InChI=1S/C11H21N3O3/c12-9(11(16)17)3-5-14-10(15)6-8-2-1-4-13-7-8/h8-9,13H,1-7,12H2,(H,14,15)(H,16,17)/t8?,9-/m0/s1. The lowest BCUT2D eigenvalue weighted by molar-refractivity contribution is -0.138. The van der Waals surface area contributed by atoms with Gasteiger partial charge in [0.2, 0.25) is 5.91 Å². The molecule has 6 heteroatoms. The van der Waals surface area contributed by atoms with Crippen LogP contribution in [0.2, 0.25) is 0 Å². The molecular weight excluding hydrogens is 222 g/mol. The molecule has 1 rings (SSSR count). The van der Waals surface area contributed by atoms with E-state index in [1.807, 2.05) is 0 Å². The number of rotatable bonds is 6. The maximum atomic E-state index is 11.5. The van der Waals surface area contributed by atoms with Crippen LogP contribution in [0.15, 0.2) is 0 Å². The van der Waals surface area contributed by atoms with Crippen molar-refractivity contribution in [3.8, 4) is 0 Å². The van der Waals surface area contributed by atoms with Gasteiger partial charge in [0.05, 0.1) is 0 Å². The second kappa shape index (κ2) is 7.24. The van der Waals surface area contributed by atoms with Crippen molar-refractivity contribution < 1.29 is 14.7 Å². The minimum atomic E-state index is -1.03. The number of piperidine rings is 1. The van der Waals surface area contributed by atoms with Crippen LogP contribution in [0.1, 0.15) is 25.7 Å². The fraction of sp³-hybridized carbons (Fsp3) is 0.818. The van der Waals surface area contributed by atoms with Gasteiger partial charge in [-0.15, -0.1) is 0 Å². The first-order valence-corrected chi connectivity index (χ1v) is 6.05. The predicted octanol–water partition coefficient (Wildman–Crippen LogP) is -0.706. The molecule has 1 fully saturated rings. The lowest BCUT2D eigenvalue weighted by Gasteiger charge is -2.22. The van der Waals surface area contributed by atoms with E-state index in [9.17, 15) is 9.59 Å². The molecule has 98 valence electrons. The largest absolute Gasteiger partial charge is 0.480 e. The number of carbonyl (C=O) groups is 2. The van der Waals surface area contributed by atoms with Gasteiger partial charge >= 0.3 is 5.97 Å². The predicted molar refractivity (Wildman–Crippen MR) is 63.4 cm³/mol. The summed E-state index contributed by atoms with van der Waals surface area (Å²) in [5.74, 6) is -0.649. The lowest BCUT2D eigenvalue weighted by Crippen LogP contribution is -2.37. The van der Waals surface area contributed by atoms with Crippen LogP contribution in [0.25, 0.3) is 0 Å². The smallest absolute Gasteiger partial charge is 0.320 e. The number of nitrogens with two attached hydrogens (primary N) is 1. The minimum absolute atomic E-state index is 0.0173. The second-order valence-electron chi connectivity index (χ2n) is 4.50. The van der Waals surface area contributed by atoms with Crippen LogP contribution in [0.5, 0.6) is 0 Å². The third-order valence-electron chi connectivity index (χ3n) is 2.97. The molecule has 2 atom stereocenters. The van der Waals surface area contributed by atoms with E-state index in [0.29, 0.717) is 18.9 Å². The van der Waals surface area contributed by atoms with Crippen LogP contribution in [0.3, 0.4) is 0 Å². The van der Waals surface area contributed by atoms with Crippen LogP contribution >= 0.6 is 0 Å². The van der Waals surface area contributed by atoms with Crippen molar-refractivity contribution in [1.82, 2.24) is 10.6 Å².